The van der Waals surface area contributed by atoms with Gasteiger partial charge in [0.25, 0.3) is 0 Å². The first kappa shape index (κ1) is 11.0. The van der Waals surface area contributed by atoms with Crippen LogP contribution < -0.4 is 11.1 Å². The maximum absolute atomic E-state index is 6.04. The zero-order chi connectivity index (χ0) is 10.8. The summed E-state index contributed by atoms with van der Waals surface area (Å²) in [5, 5.41) is 5.17. The Labute approximate surface area is 101 Å². The van der Waals surface area contributed by atoms with Gasteiger partial charge in [0.2, 0.25) is 0 Å². The molecule has 0 aliphatic carbocycles. The minimum atomic E-state index is 0.574. The van der Waals surface area contributed by atoms with E-state index in [9.17, 15) is 0 Å². The molecule has 0 fully saturated rings. The second-order valence-electron chi connectivity index (χ2n) is 2.97. The van der Waals surface area contributed by atoms with Gasteiger partial charge in [0.05, 0.1) is 15.2 Å². The lowest BCUT2D eigenvalue weighted by molar-refractivity contribution is 1.02. The van der Waals surface area contributed by atoms with E-state index in [-0.39, 0.29) is 0 Å². The Kier molecular flexibility index (Phi) is 3.31. The average molecular weight is 262 g/mol. The second kappa shape index (κ2) is 4.53. The van der Waals surface area contributed by atoms with Crippen molar-refractivity contribution in [2.75, 3.05) is 18.4 Å². The predicted octanol–water partition coefficient (Wildman–Crippen LogP) is 2.97. The number of benzene rings is 1. The highest BCUT2D eigenvalue weighted by atomic mass is 35.5. The van der Waals surface area contributed by atoms with Crippen LogP contribution in [0.5, 0.6) is 0 Å². The molecule has 0 spiro atoms. The molecule has 0 saturated heterocycles. The lowest BCUT2D eigenvalue weighted by Gasteiger charge is -1.96. The predicted molar refractivity (Wildman–Crippen MR) is 67.2 cm³/mol. The summed E-state index contributed by atoms with van der Waals surface area (Å²) in [6.45, 7) is 1.27. The number of halogens is 2. The van der Waals surface area contributed by atoms with Crippen LogP contribution in [0.1, 0.15) is 0 Å². The van der Waals surface area contributed by atoms with Crippen LogP contribution in [0.2, 0.25) is 10.0 Å². The maximum atomic E-state index is 6.04. The molecule has 0 saturated carbocycles. The molecule has 6 heteroatoms. The van der Waals surface area contributed by atoms with Gasteiger partial charge in [-0.1, -0.05) is 34.5 Å². The van der Waals surface area contributed by atoms with Crippen LogP contribution in [-0.2, 0) is 0 Å². The number of rotatable bonds is 3. The number of nitrogens with two attached hydrogens (primary N) is 1. The fourth-order valence-corrected chi connectivity index (χ4v) is 2.69. The summed E-state index contributed by atoms with van der Waals surface area (Å²) >= 11 is 13.4. The molecule has 2 rings (SSSR count). The molecule has 0 unspecified atom stereocenters. The highest BCUT2D eigenvalue weighted by molar-refractivity contribution is 7.22. The summed E-state index contributed by atoms with van der Waals surface area (Å²) in [6, 6.07) is 3.52. The molecule has 1 aromatic heterocycles. The molecule has 1 aromatic carbocycles. The molecular weight excluding hydrogens is 253 g/mol. The molecule has 2 aromatic rings. The van der Waals surface area contributed by atoms with Gasteiger partial charge in [-0.05, 0) is 12.1 Å². The van der Waals surface area contributed by atoms with Gasteiger partial charge >= 0.3 is 0 Å². The van der Waals surface area contributed by atoms with Crippen molar-refractivity contribution < 1.29 is 0 Å². The largest absolute Gasteiger partial charge is 0.360 e. The monoisotopic (exact) mass is 261 g/mol. The molecule has 0 radical (unpaired) electrons. The first-order valence-corrected chi connectivity index (χ1v) is 5.97. The van der Waals surface area contributed by atoms with Crippen LogP contribution in [0, 0.1) is 0 Å². The van der Waals surface area contributed by atoms with Crippen LogP contribution in [0.3, 0.4) is 0 Å². The smallest absolute Gasteiger partial charge is 0.183 e. The number of nitrogens with zero attached hydrogens (tertiary/aromatic N) is 1. The van der Waals surface area contributed by atoms with E-state index in [0.717, 1.165) is 15.3 Å². The van der Waals surface area contributed by atoms with E-state index in [0.29, 0.717) is 23.1 Å². The zero-order valence-corrected chi connectivity index (χ0v) is 10.1. The summed E-state index contributed by atoms with van der Waals surface area (Å²) in [7, 11) is 0. The molecule has 0 amide bonds. The fraction of sp³-hybridized carbons (Fsp3) is 0.222. The Bertz CT molecular complexity index is 483. The minimum Gasteiger partial charge on any atom is -0.360 e. The number of thiazole rings is 1. The molecule has 0 aliphatic rings. The number of fused-ring (bicyclic) bond motifs is 1. The van der Waals surface area contributed by atoms with Crippen molar-refractivity contribution in [3.63, 3.8) is 0 Å². The standard InChI is InChI=1S/C9H9Cl2N3S/c10-5-3-6(11)8-7(4-5)14-9(15-8)13-2-1-12/h3-4H,1-2,12H2,(H,13,14). The molecular formula is C9H9Cl2N3S. The van der Waals surface area contributed by atoms with Crippen molar-refractivity contribution in [3.8, 4) is 0 Å². The Balaban J connectivity index is 2.41. The Morgan fingerprint density at radius 3 is 2.93 bits per heavy atom. The van der Waals surface area contributed by atoms with Crippen molar-refractivity contribution in [3.05, 3.63) is 22.2 Å². The maximum Gasteiger partial charge on any atom is 0.183 e. The third-order valence-corrected chi connectivity index (χ3v) is 3.52. The van der Waals surface area contributed by atoms with Gasteiger partial charge in [-0.3, -0.25) is 0 Å². The highest BCUT2D eigenvalue weighted by Crippen LogP contribution is 2.34. The molecule has 0 bridgehead atoms. The van der Waals surface area contributed by atoms with E-state index in [2.05, 4.69) is 10.3 Å². The molecule has 3 nitrogen and oxygen atoms in total. The summed E-state index contributed by atoms with van der Waals surface area (Å²) in [6.07, 6.45) is 0. The van der Waals surface area contributed by atoms with Crippen molar-refractivity contribution in [1.29, 1.82) is 0 Å². The van der Waals surface area contributed by atoms with Crippen molar-refractivity contribution >= 4 is 49.9 Å². The zero-order valence-electron chi connectivity index (χ0n) is 7.76. The van der Waals surface area contributed by atoms with Gasteiger partial charge in [-0.15, -0.1) is 0 Å². The highest BCUT2D eigenvalue weighted by Gasteiger charge is 2.07. The topological polar surface area (TPSA) is 50.9 Å². The second-order valence-corrected chi connectivity index (χ2v) is 4.81. The van der Waals surface area contributed by atoms with Crippen LogP contribution in [-0.4, -0.2) is 18.1 Å². The summed E-state index contributed by atoms with van der Waals surface area (Å²) in [4.78, 5) is 4.35. The third-order valence-electron chi connectivity index (χ3n) is 1.83. The van der Waals surface area contributed by atoms with Gasteiger partial charge in [0.15, 0.2) is 5.13 Å². The number of hydrogen-bond acceptors (Lipinski definition) is 4. The summed E-state index contributed by atoms with van der Waals surface area (Å²) < 4.78 is 0.945. The molecule has 0 atom stereocenters. The van der Waals surface area contributed by atoms with Crippen LogP contribution in [0.15, 0.2) is 12.1 Å². The van der Waals surface area contributed by atoms with Gasteiger partial charge < -0.3 is 11.1 Å². The van der Waals surface area contributed by atoms with E-state index < -0.39 is 0 Å². The van der Waals surface area contributed by atoms with Crippen LogP contribution in [0.25, 0.3) is 10.2 Å². The van der Waals surface area contributed by atoms with Gasteiger partial charge in [0.1, 0.15) is 0 Å². The van der Waals surface area contributed by atoms with Gasteiger partial charge in [-0.25, -0.2) is 4.98 Å². The molecule has 3 N–H and O–H groups in total. The number of hydrogen-bond donors (Lipinski definition) is 2. The van der Waals surface area contributed by atoms with Gasteiger partial charge in [0, 0.05) is 18.1 Å². The van der Waals surface area contributed by atoms with Crippen molar-refractivity contribution in [1.82, 2.24) is 4.98 Å². The van der Waals surface area contributed by atoms with Crippen LogP contribution in [0.4, 0.5) is 5.13 Å². The minimum absolute atomic E-state index is 0.574. The lowest BCUT2D eigenvalue weighted by Crippen LogP contribution is -2.12. The Hall–Kier alpha value is -0.550. The SMILES string of the molecule is NCCNc1nc2cc(Cl)cc(Cl)c2s1. The fourth-order valence-electron chi connectivity index (χ4n) is 1.21. The van der Waals surface area contributed by atoms with Crippen molar-refractivity contribution in [2.24, 2.45) is 5.73 Å². The molecule has 80 valence electrons. The van der Waals surface area contributed by atoms with E-state index in [4.69, 9.17) is 28.9 Å². The van der Waals surface area contributed by atoms with E-state index >= 15 is 0 Å². The first-order chi connectivity index (χ1) is 7.20. The average Bonchev–Trinajstić information content (AvgIpc) is 2.57. The lowest BCUT2D eigenvalue weighted by atomic mass is 10.3. The van der Waals surface area contributed by atoms with E-state index in [1.807, 2.05) is 0 Å². The number of aromatic nitrogens is 1. The molecule has 1 heterocycles. The number of anilines is 1. The Morgan fingerprint density at radius 2 is 2.20 bits per heavy atom. The summed E-state index contributed by atoms with van der Waals surface area (Å²) in [5.74, 6) is 0. The van der Waals surface area contributed by atoms with E-state index in [1.165, 1.54) is 11.3 Å². The van der Waals surface area contributed by atoms with Crippen LogP contribution >= 0.6 is 34.5 Å². The first-order valence-electron chi connectivity index (χ1n) is 4.40. The summed E-state index contributed by atoms with van der Waals surface area (Å²) in [5.41, 5.74) is 6.21. The number of nitrogens with one attached hydrogen (secondary N) is 1. The molecule has 0 aliphatic heterocycles. The molecule has 15 heavy (non-hydrogen) atoms. The van der Waals surface area contributed by atoms with Gasteiger partial charge in [-0.2, -0.15) is 0 Å². The third kappa shape index (κ3) is 2.34. The normalized spacial score (nSPS) is 10.9. The Morgan fingerprint density at radius 1 is 1.40 bits per heavy atom. The quantitative estimate of drug-likeness (QED) is 0.894. The van der Waals surface area contributed by atoms with Crippen molar-refractivity contribution in [2.45, 2.75) is 0 Å². The van der Waals surface area contributed by atoms with E-state index in [1.54, 1.807) is 12.1 Å².